The normalized spacial score (nSPS) is 10.9. The van der Waals surface area contributed by atoms with Crippen LogP contribution < -0.4 is 10.1 Å². The number of aromatic hydroxyl groups is 1. The number of nitrogens with one attached hydrogen (secondary N) is 1. The van der Waals surface area contributed by atoms with Crippen molar-refractivity contribution in [2.75, 3.05) is 13.7 Å². The lowest BCUT2D eigenvalue weighted by Crippen LogP contribution is -2.25. The van der Waals surface area contributed by atoms with Crippen LogP contribution in [-0.4, -0.2) is 24.7 Å². The molecule has 1 amide bonds. The average molecular weight is 309 g/mol. The van der Waals surface area contributed by atoms with Crippen LogP contribution in [0.2, 0.25) is 5.02 Å². The summed E-state index contributed by atoms with van der Waals surface area (Å²) in [6.07, 6.45) is 3.20. The van der Waals surface area contributed by atoms with Gasteiger partial charge in [0, 0.05) is 6.54 Å². The number of phenolic OH excluding ortho intramolecular Hbond substituents is 1. The highest BCUT2D eigenvalue weighted by atomic mass is 35.5. The molecule has 0 aliphatic carbocycles. The Kier molecular flexibility index (Phi) is 6.57. The van der Waals surface area contributed by atoms with Crippen LogP contribution in [0.4, 0.5) is 0 Å². The Morgan fingerprint density at radius 3 is 2.86 bits per heavy atom. The molecule has 21 heavy (non-hydrogen) atoms. The predicted molar refractivity (Wildman–Crippen MR) is 81.2 cm³/mol. The summed E-state index contributed by atoms with van der Waals surface area (Å²) in [5.41, 5.74) is 0.465. The maximum absolute atomic E-state index is 11.8. The Bertz CT molecular complexity index is 591. The Morgan fingerprint density at radius 1 is 1.57 bits per heavy atom. The molecule has 1 aromatic carbocycles. The molecule has 0 aromatic heterocycles. The van der Waals surface area contributed by atoms with E-state index in [2.05, 4.69) is 5.32 Å². The van der Waals surface area contributed by atoms with Gasteiger partial charge in [-0.3, -0.25) is 4.79 Å². The molecule has 0 heterocycles. The zero-order valence-corrected chi connectivity index (χ0v) is 12.7. The van der Waals surface area contributed by atoms with Crippen molar-refractivity contribution < 1.29 is 14.6 Å². The molecule has 0 saturated carbocycles. The number of carbonyl (C=O) groups is 1. The van der Waals surface area contributed by atoms with Crippen LogP contribution in [0.3, 0.4) is 0 Å². The molecular formula is C15H17ClN2O3. The third kappa shape index (κ3) is 4.69. The minimum atomic E-state index is -0.436. The highest BCUT2D eigenvalue weighted by Gasteiger charge is 2.11. The van der Waals surface area contributed by atoms with Gasteiger partial charge in [0.1, 0.15) is 11.6 Å². The summed E-state index contributed by atoms with van der Waals surface area (Å²) in [6.45, 7) is 2.53. The number of unbranched alkanes of at least 4 members (excludes halogenated alkanes) is 1. The molecule has 0 atom stereocenters. The second kappa shape index (κ2) is 8.18. The minimum absolute atomic E-state index is 0.0325. The molecule has 6 heteroatoms. The molecule has 2 N–H and O–H groups in total. The van der Waals surface area contributed by atoms with Crippen molar-refractivity contribution in [1.29, 1.82) is 5.26 Å². The smallest absolute Gasteiger partial charge is 0.261 e. The molecule has 0 bridgehead atoms. The van der Waals surface area contributed by atoms with E-state index in [1.54, 1.807) is 0 Å². The van der Waals surface area contributed by atoms with Crippen molar-refractivity contribution in [2.45, 2.75) is 19.8 Å². The molecular weight excluding hydrogens is 292 g/mol. The number of benzene rings is 1. The van der Waals surface area contributed by atoms with Crippen molar-refractivity contribution >= 4 is 23.6 Å². The fourth-order valence-electron chi connectivity index (χ4n) is 1.62. The van der Waals surface area contributed by atoms with E-state index < -0.39 is 5.91 Å². The van der Waals surface area contributed by atoms with Gasteiger partial charge in [-0.1, -0.05) is 24.9 Å². The molecule has 5 nitrogen and oxygen atoms in total. The molecule has 0 unspecified atom stereocenters. The van der Waals surface area contributed by atoms with Gasteiger partial charge in [-0.2, -0.15) is 5.26 Å². The molecule has 1 rings (SSSR count). The van der Waals surface area contributed by atoms with Crippen molar-refractivity contribution in [3.05, 3.63) is 28.3 Å². The number of hydrogen-bond donors (Lipinski definition) is 2. The predicted octanol–water partition coefficient (Wildman–Crippen LogP) is 2.88. The van der Waals surface area contributed by atoms with Crippen molar-refractivity contribution in [3.8, 4) is 17.6 Å². The van der Waals surface area contributed by atoms with Crippen LogP contribution in [-0.2, 0) is 4.79 Å². The summed E-state index contributed by atoms with van der Waals surface area (Å²) in [5, 5.41) is 21.5. The summed E-state index contributed by atoms with van der Waals surface area (Å²) in [5.74, 6) is -0.436. The van der Waals surface area contributed by atoms with Gasteiger partial charge in [-0.25, -0.2) is 0 Å². The van der Waals surface area contributed by atoms with Crippen molar-refractivity contribution in [1.82, 2.24) is 5.32 Å². The van der Waals surface area contributed by atoms with E-state index in [1.807, 2.05) is 13.0 Å². The standard InChI is InChI=1S/C15H17ClN2O3/c1-3-4-5-18-15(20)11(9-17)6-10-7-12(16)14(19)13(8-10)21-2/h6-8,19H,3-5H2,1-2H3,(H,18,20)/b11-6+. The van der Waals surface area contributed by atoms with Gasteiger partial charge >= 0.3 is 0 Å². The average Bonchev–Trinajstić information content (AvgIpc) is 2.48. The van der Waals surface area contributed by atoms with Crippen LogP contribution in [0.25, 0.3) is 6.08 Å². The molecule has 112 valence electrons. The quantitative estimate of drug-likeness (QED) is 0.481. The van der Waals surface area contributed by atoms with Crippen molar-refractivity contribution in [2.24, 2.45) is 0 Å². The Morgan fingerprint density at radius 2 is 2.29 bits per heavy atom. The van der Waals surface area contributed by atoms with E-state index >= 15 is 0 Å². The third-order valence-electron chi connectivity index (χ3n) is 2.76. The first-order valence-electron chi connectivity index (χ1n) is 6.50. The second-order valence-electron chi connectivity index (χ2n) is 4.33. The van der Waals surface area contributed by atoms with E-state index in [-0.39, 0.29) is 22.1 Å². The zero-order chi connectivity index (χ0) is 15.8. The number of halogens is 1. The minimum Gasteiger partial charge on any atom is -0.503 e. The van der Waals surface area contributed by atoms with E-state index in [4.69, 9.17) is 21.6 Å². The molecule has 1 aromatic rings. The summed E-state index contributed by atoms with van der Waals surface area (Å²) < 4.78 is 4.97. The number of nitriles is 1. The zero-order valence-electron chi connectivity index (χ0n) is 11.9. The number of ether oxygens (including phenoxy) is 1. The number of rotatable bonds is 6. The highest BCUT2D eigenvalue weighted by molar-refractivity contribution is 6.32. The maximum Gasteiger partial charge on any atom is 0.261 e. The Balaban J connectivity index is 3.01. The lowest BCUT2D eigenvalue weighted by atomic mass is 10.1. The van der Waals surface area contributed by atoms with Crippen LogP contribution in [0.5, 0.6) is 11.5 Å². The van der Waals surface area contributed by atoms with E-state index in [0.717, 1.165) is 12.8 Å². The van der Waals surface area contributed by atoms with Gasteiger partial charge in [-0.05, 0) is 30.2 Å². The van der Waals surface area contributed by atoms with Gasteiger partial charge < -0.3 is 15.2 Å². The Hall–Kier alpha value is -2.19. The van der Waals surface area contributed by atoms with Crippen LogP contribution in [0.1, 0.15) is 25.3 Å². The Labute approximate surface area is 128 Å². The fraction of sp³-hybridized carbons (Fsp3) is 0.333. The third-order valence-corrected chi connectivity index (χ3v) is 3.05. The summed E-state index contributed by atoms with van der Waals surface area (Å²) >= 11 is 5.86. The number of amides is 1. The monoisotopic (exact) mass is 308 g/mol. The topological polar surface area (TPSA) is 82.4 Å². The largest absolute Gasteiger partial charge is 0.503 e. The molecule has 0 aliphatic heterocycles. The first-order chi connectivity index (χ1) is 10.0. The first kappa shape index (κ1) is 16.9. The van der Waals surface area contributed by atoms with E-state index in [0.29, 0.717) is 12.1 Å². The van der Waals surface area contributed by atoms with Gasteiger partial charge in [0.05, 0.1) is 12.1 Å². The van der Waals surface area contributed by atoms with Gasteiger partial charge in [0.2, 0.25) is 0 Å². The van der Waals surface area contributed by atoms with Crippen LogP contribution in [0.15, 0.2) is 17.7 Å². The van der Waals surface area contributed by atoms with Gasteiger partial charge in [0.15, 0.2) is 11.5 Å². The summed E-state index contributed by atoms with van der Waals surface area (Å²) in [6, 6.07) is 4.80. The fourth-order valence-corrected chi connectivity index (χ4v) is 1.84. The summed E-state index contributed by atoms with van der Waals surface area (Å²) in [4.78, 5) is 11.8. The number of phenols is 1. The molecule has 0 radical (unpaired) electrons. The lowest BCUT2D eigenvalue weighted by Gasteiger charge is -2.07. The SMILES string of the molecule is CCCCNC(=O)/C(C#N)=C/c1cc(Cl)c(O)c(OC)c1. The molecule has 0 saturated heterocycles. The lowest BCUT2D eigenvalue weighted by molar-refractivity contribution is -0.117. The number of methoxy groups -OCH3 is 1. The number of carbonyl (C=O) groups excluding carboxylic acids is 1. The van der Waals surface area contributed by atoms with Crippen LogP contribution in [0, 0.1) is 11.3 Å². The second-order valence-corrected chi connectivity index (χ2v) is 4.74. The first-order valence-corrected chi connectivity index (χ1v) is 6.87. The highest BCUT2D eigenvalue weighted by Crippen LogP contribution is 2.35. The molecule has 0 spiro atoms. The van der Waals surface area contributed by atoms with E-state index in [1.165, 1.54) is 25.3 Å². The van der Waals surface area contributed by atoms with Gasteiger partial charge in [0.25, 0.3) is 5.91 Å². The van der Waals surface area contributed by atoms with Crippen molar-refractivity contribution in [3.63, 3.8) is 0 Å². The molecule has 0 aliphatic rings. The summed E-state index contributed by atoms with van der Waals surface area (Å²) in [7, 11) is 1.39. The van der Waals surface area contributed by atoms with E-state index in [9.17, 15) is 9.90 Å². The molecule has 0 fully saturated rings. The maximum atomic E-state index is 11.8. The number of nitrogens with zero attached hydrogens (tertiary/aromatic N) is 1. The van der Waals surface area contributed by atoms with Crippen LogP contribution >= 0.6 is 11.6 Å². The van der Waals surface area contributed by atoms with Gasteiger partial charge in [-0.15, -0.1) is 0 Å². The number of hydrogen-bond acceptors (Lipinski definition) is 4.